The number of hydrogen-bond acceptors (Lipinski definition) is 5. The number of nitrogens with zero attached hydrogens (tertiary/aromatic N) is 1. The van der Waals surface area contributed by atoms with Crippen LogP contribution in [0.15, 0.2) is 24.3 Å². The highest BCUT2D eigenvalue weighted by Gasteiger charge is 2.13. The molecular weight excluding hydrogens is 286 g/mol. The molecule has 6 nitrogen and oxygen atoms in total. The molecule has 0 fully saturated rings. The van der Waals surface area contributed by atoms with Gasteiger partial charge in [-0.3, -0.25) is 4.79 Å². The normalized spacial score (nSPS) is 9.77. The minimum Gasteiger partial charge on any atom is -0.462 e. The van der Waals surface area contributed by atoms with Crippen LogP contribution in [0.25, 0.3) is 0 Å². The molecule has 1 amide bonds. The fraction of sp³-hybridized carbons (Fsp3) is 0.562. The topological polar surface area (TPSA) is 72.9 Å². The third-order valence-electron chi connectivity index (χ3n) is 2.79. The molecule has 0 aliphatic heterocycles. The Bertz CT molecular complexity index is 442. The first-order valence-electron chi connectivity index (χ1n) is 7.22. The molecule has 0 N–H and O–H groups in total. The summed E-state index contributed by atoms with van der Waals surface area (Å²) in [4.78, 5) is 36.0. The van der Waals surface area contributed by atoms with Crippen molar-refractivity contribution >= 4 is 17.8 Å². The number of rotatable bonds is 10. The molecule has 124 valence electrons. The molecule has 0 aromatic carbocycles. The van der Waals surface area contributed by atoms with E-state index in [2.05, 4.69) is 13.2 Å². The number of esters is 2. The lowest BCUT2D eigenvalue weighted by atomic mass is 10.3. The van der Waals surface area contributed by atoms with Crippen molar-refractivity contribution in [1.82, 2.24) is 4.90 Å². The highest BCUT2D eigenvalue weighted by molar-refractivity contribution is 5.87. The van der Waals surface area contributed by atoms with Crippen molar-refractivity contribution in [3.63, 3.8) is 0 Å². The quantitative estimate of drug-likeness (QED) is 0.350. The molecule has 22 heavy (non-hydrogen) atoms. The lowest BCUT2D eigenvalue weighted by Gasteiger charge is -2.20. The highest BCUT2D eigenvalue weighted by atomic mass is 16.5. The molecule has 0 aliphatic rings. The van der Waals surface area contributed by atoms with E-state index in [4.69, 9.17) is 9.47 Å². The summed E-state index contributed by atoms with van der Waals surface area (Å²) in [6.45, 7) is 13.1. The number of carbonyl (C=O) groups is 3. The van der Waals surface area contributed by atoms with E-state index >= 15 is 0 Å². The van der Waals surface area contributed by atoms with E-state index < -0.39 is 11.9 Å². The van der Waals surface area contributed by atoms with Gasteiger partial charge in [-0.25, -0.2) is 9.59 Å². The zero-order valence-corrected chi connectivity index (χ0v) is 13.6. The van der Waals surface area contributed by atoms with Crippen LogP contribution in [0.5, 0.6) is 0 Å². The molecule has 0 bridgehead atoms. The van der Waals surface area contributed by atoms with Gasteiger partial charge >= 0.3 is 11.9 Å². The zero-order valence-electron chi connectivity index (χ0n) is 13.6. The molecule has 0 spiro atoms. The lowest BCUT2D eigenvalue weighted by molar-refractivity contribution is -0.142. The molecule has 0 saturated carbocycles. The molecular formula is C16H25NO5. The maximum absolute atomic E-state index is 12.0. The van der Waals surface area contributed by atoms with Crippen LogP contribution in [0.2, 0.25) is 0 Å². The average Bonchev–Trinajstić information content (AvgIpc) is 2.46. The van der Waals surface area contributed by atoms with Crippen LogP contribution in [0.4, 0.5) is 0 Å². The van der Waals surface area contributed by atoms with Crippen molar-refractivity contribution in [3.8, 4) is 0 Å². The molecule has 0 heterocycles. The summed E-state index contributed by atoms with van der Waals surface area (Å²) in [7, 11) is 0. The third kappa shape index (κ3) is 8.24. The summed E-state index contributed by atoms with van der Waals surface area (Å²) in [6, 6.07) is 0. The number of amides is 1. The summed E-state index contributed by atoms with van der Waals surface area (Å²) in [5, 5.41) is 0. The smallest absolute Gasteiger partial charge is 0.333 e. The molecule has 0 aromatic heterocycles. The molecule has 0 rings (SSSR count). The van der Waals surface area contributed by atoms with Gasteiger partial charge in [-0.2, -0.15) is 0 Å². The Kier molecular flexibility index (Phi) is 9.58. The van der Waals surface area contributed by atoms with Gasteiger partial charge in [0.2, 0.25) is 5.91 Å². The van der Waals surface area contributed by atoms with Crippen molar-refractivity contribution in [1.29, 1.82) is 0 Å². The SMILES string of the molecule is C=C(C)C(=O)OCCCC(=O)N(CC)CCOC(=O)C(=C)C. The maximum Gasteiger partial charge on any atom is 0.333 e. The molecule has 0 unspecified atom stereocenters. The van der Waals surface area contributed by atoms with E-state index in [1.165, 1.54) is 0 Å². The largest absolute Gasteiger partial charge is 0.462 e. The Labute approximate surface area is 131 Å². The fourth-order valence-electron chi connectivity index (χ4n) is 1.50. The second-order valence-electron chi connectivity index (χ2n) is 4.91. The van der Waals surface area contributed by atoms with Crippen molar-refractivity contribution < 1.29 is 23.9 Å². The van der Waals surface area contributed by atoms with E-state index in [0.717, 1.165) is 0 Å². The van der Waals surface area contributed by atoms with Gasteiger partial charge in [-0.1, -0.05) is 13.2 Å². The minimum atomic E-state index is -0.463. The fourth-order valence-corrected chi connectivity index (χ4v) is 1.50. The van der Waals surface area contributed by atoms with Crippen LogP contribution < -0.4 is 0 Å². The second-order valence-corrected chi connectivity index (χ2v) is 4.91. The predicted molar refractivity (Wildman–Crippen MR) is 83.0 cm³/mol. The summed E-state index contributed by atoms with van der Waals surface area (Å²) in [5.74, 6) is -0.984. The first-order chi connectivity index (χ1) is 10.3. The van der Waals surface area contributed by atoms with Crippen molar-refractivity contribution in [2.24, 2.45) is 0 Å². The molecule has 6 heteroatoms. The van der Waals surface area contributed by atoms with Crippen LogP contribution in [0.1, 0.15) is 33.6 Å². The maximum atomic E-state index is 12.0. The summed E-state index contributed by atoms with van der Waals surface area (Å²) in [6.07, 6.45) is 0.714. The van der Waals surface area contributed by atoms with Crippen molar-refractivity contribution in [2.75, 3.05) is 26.3 Å². The van der Waals surface area contributed by atoms with E-state index in [1.54, 1.807) is 18.7 Å². The van der Waals surface area contributed by atoms with Gasteiger partial charge in [0, 0.05) is 24.1 Å². The summed E-state index contributed by atoms with van der Waals surface area (Å²) in [5.41, 5.74) is 0.662. The van der Waals surface area contributed by atoms with E-state index in [9.17, 15) is 14.4 Å². The van der Waals surface area contributed by atoms with Gasteiger partial charge in [-0.05, 0) is 27.2 Å². The molecule has 0 radical (unpaired) electrons. The Balaban J connectivity index is 4.00. The minimum absolute atomic E-state index is 0.0692. The Morgan fingerprint density at radius 2 is 1.45 bits per heavy atom. The Hall–Kier alpha value is -2.11. The van der Waals surface area contributed by atoms with Gasteiger partial charge in [0.05, 0.1) is 13.2 Å². The van der Waals surface area contributed by atoms with Gasteiger partial charge in [-0.15, -0.1) is 0 Å². The highest BCUT2D eigenvalue weighted by Crippen LogP contribution is 2.01. The number of carbonyl (C=O) groups excluding carboxylic acids is 3. The van der Waals surface area contributed by atoms with Crippen LogP contribution in [0.3, 0.4) is 0 Å². The first kappa shape index (κ1) is 19.9. The van der Waals surface area contributed by atoms with Crippen LogP contribution in [-0.4, -0.2) is 49.0 Å². The number of ether oxygens (including phenoxy) is 2. The molecule has 0 aliphatic carbocycles. The van der Waals surface area contributed by atoms with E-state index in [1.807, 2.05) is 6.92 Å². The van der Waals surface area contributed by atoms with Crippen molar-refractivity contribution in [2.45, 2.75) is 33.6 Å². The first-order valence-corrected chi connectivity index (χ1v) is 7.22. The standard InChI is InChI=1S/C16H25NO5/c1-6-17(9-11-22-16(20)13(4)5)14(18)8-7-10-21-15(19)12(2)3/h2,4,6-11H2,1,3,5H3. The van der Waals surface area contributed by atoms with E-state index in [0.29, 0.717) is 30.7 Å². The van der Waals surface area contributed by atoms with E-state index in [-0.39, 0.29) is 25.5 Å². The Morgan fingerprint density at radius 3 is 1.91 bits per heavy atom. The Morgan fingerprint density at radius 1 is 0.955 bits per heavy atom. The van der Waals surface area contributed by atoms with Gasteiger partial charge in [0.15, 0.2) is 0 Å². The predicted octanol–water partition coefficient (Wildman–Crippen LogP) is 1.85. The van der Waals surface area contributed by atoms with Crippen LogP contribution in [0, 0.1) is 0 Å². The number of likely N-dealkylation sites (N-methyl/N-ethyl adjacent to an activating group) is 1. The average molecular weight is 311 g/mol. The van der Waals surface area contributed by atoms with Crippen molar-refractivity contribution in [3.05, 3.63) is 24.3 Å². The van der Waals surface area contributed by atoms with Crippen LogP contribution >= 0.6 is 0 Å². The lowest BCUT2D eigenvalue weighted by Crippen LogP contribution is -2.34. The zero-order chi connectivity index (χ0) is 17.1. The van der Waals surface area contributed by atoms with Crippen LogP contribution in [-0.2, 0) is 23.9 Å². The molecule has 0 atom stereocenters. The van der Waals surface area contributed by atoms with Gasteiger partial charge in [0.25, 0.3) is 0 Å². The summed E-state index contributed by atoms with van der Waals surface area (Å²) >= 11 is 0. The second kappa shape index (κ2) is 10.6. The molecule has 0 aromatic rings. The third-order valence-corrected chi connectivity index (χ3v) is 2.79. The number of hydrogen-bond donors (Lipinski definition) is 0. The monoisotopic (exact) mass is 311 g/mol. The summed E-state index contributed by atoms with van der Waals surface area (Å²) < 4.78 is 9.88. The van der Waals surface area contributed by atoms with Gasteiger partial charge < -0.3 is 14.4 Å². The van der Waals surface area contributed by atoms with Gasteiger partial charge in [0.1, 0.15) is 6.61 Å². The molecule has 0 saturated heterocycles.